The molecule has 170 valence electrons. The summed E-state index contributed by atoms with van der Waals surface area (Å²) in [5.41, 5.74) is 3.45. The number of hydrogen-bond acceptors (Lipinski definition) is 5. The van der Waals surface area contributed by atoms with Gasteiger partial charge in [-0.15, -0.1) is 10.2 Å². The van der Waals surface area contributed by atoms with Crippen molar-refractivity contribution in [2.45, 2.75) is 50.9 Å². The number of aryl methyl sites for hydroxylation is 2. The molecule has 6 nitrogen and oxygen atoms in total. The van der Waals surface area contributed by atoms with Crippen molar-refractivity contribution in [3.8, 4) is 11.4 Å². The first-order valence-electron chi connectivity index (χ1n) is 11.0. The van der Waals surface area contributed by atoms with Crippen LogP contribution in [0.15, 0.2) is 53.7 Å². The van der Waals surface area contributed by atoms with Crippen molar-refractivity contribution in [2.75, 3.05) is 13.7 Å². The second-order valence-corrected chi connectivity index (χ2v) is 9.21. The van der Waals surface area contributed by atoms with Gasteiger partial charge in [0.25, 0.3) is 0 Å². The van der Waals surface area contributed by atoms with Crippen LogP contribution in [0.3, 0.4) is 0 Å². The van der Waals surface area contributed by atoms with Gasteiger partial charge in [-0.2, -0.15) is 0 Å². The average Bonchev–Trinajstić information content (AvgIpc) is 3.19. The molecule has 0 saturated heterocycles. The first-order chi connectivity index (χ1) is 15.5. The SMILES string of the molecule is COc1cccc(-n2c(CCCC(=O)NCC(C)C)nnc2SCc2cccc(C)c2)c1. The van der Waals surface area contributed by atoms with Gasteiger partial charge in [0.05, 0.1) is 12.8 Å². The van der Waals surface area contributed by atoms with Gasteiger partial charge in [-0.05, 0) is 37.0 Å². The summed E-state index contributed by atoms with van der Waals surface area (Å²) >= 11 is 1.66. The molecule has 1 amide bonds. The Balaban J connectivity index is 1.76. The Morgan fingerprint density at radius 3 is 2.72 bits per heavy atom. The van der Waals surface area contributed by atoms with E-state index in [-0.39, 0.29) is 5.91 Å². The number of rotatable bonds is 11. The molecule has 0 radical (unpaired) electrons. The standard InChI is InChI=1S/C25H32N4O2S/c1-18(2)16-26-24(30)13-7-12-23-27-28-25(32-17-20-9-5-8-19(3)14-20)29(23)21-10-6-11-22(15-21)31-4/h5-6,8-11,14-15,18H,7,12-13,16-17H2,1-4H3,(H,26,30). The number of carbonyl (C=O) groups excluding carboxylic acids is 1. The largest absolute Gasteiger partial charge is 0.497 e. The third-order valence-electron chi connectivity index (χ3n) is 4.97. The molecule has 0 unspecified atom stereocenters. The van der Waals surface area contributed by atoms with Crippen LogP contribution in [-0.4, -0.2) is 34.3 Å². The van der Waals surface area contributed by atoms with E-state index in [4.69, 9.17) is 4.74 Å². The highest BCUT2D eigenvalue weighted by Gasteiger charge is 2.16. The monoisotopic (exact) mass is 452 g/mol. The fraction of sp³-hybridized carbons (Fsp3) is 0.400. The van der Waals surface area contributed by atoms with E-state index in [1.165, 1.54) is 11.1 Å². The second-order valence-electron chi connectivity index (χ2n) is 8.26. The van der Waals surface area contributed by atoms with Crippen LogP contribution in [0.2, 0.25) is 0 Å². The number of hydrogen-bond donors (Lipinski definition) is 1. The van der Waals surface area contributed by atoms with Crippen LogP contribution < -0.4 is 10.1 Å². The smallest absolute Gasteiger partial charge is 0.220 e. The maximum absolute atomic E-state index is 12.1. The minimum atomic E-state index is 0.0835. The highest BCUT2D eigenvalue weighted by Crippen LogP contribution is 2.27. The van der Waals surface area contributed by atoms with Crippen molar-refractivity contribution < 1.29 is 9.53 Å². The van der Waals surface area contributed by atoms with Crippen LogP contribution in [0.4, 0.5) is 0 Å². The molecule has 0 atom stereocenters. The van der Waals surface area contributed by atoms with Crippen molar-refractivity contribution in [3.05, 3.63) is 65.5 Å². The first-order valence-corrected chi connectivity index (χ1v) is 12.0. The number of ether oxygens (including phenoxy) is 1. The van der Waals surface area contributed by atoms with Crippen LogP contribution in [0.25, 0.3) is 5.69 Å². The zero-order valence-corrected chi connectivity index (χ0v) is 20.1. The molecule has 1 N–H and O–H groups in total. The second kappa shape index (κ2) is 11.7. The number of nitrogens with zero attached hydrogens (tertiary/aromatic N) is 3. The quantitative estimate of drug-likeness (QED) is 0.416. The lowest BCUT2D eigenvalue weighted by molar-refractivity contribution is -0.121. The molecule has 0 fully saturated rings. The first kappa shape index (κ1) is 23.9. The molecule has 32 heavy (non-hydrogen) atoms. The molecule has 0 aliphatic rings. The molecule has 0 aliphatic carbocycles. The van der Waals surface area contributed by atoms with Crippen LogP contribution in [-0.2, 0) is 17.0 Å². The Morgan fingerprint density at radius 1 is 1.16 bits per heavy atom. The zero-order chi connectivity index (χ0) is 22.9. The van der Waals surface area contributed by atoms with Gasteiger partial charge in [0, 0.05) is 31.2 Å². The number of methoxy groups -OCH3 is 1. The molecule has 0 aliphatic heterocycles. The van der Waals surface area contributed by atoms with E-state index in [0.29, 0.717) is 31.7 Å². The number of amides is 1. The predicted molar refractivity (Wildman–Crippen MR) is 129 cm³/mol. The molecular formula is C25H32N4O2S. The van der Waals surface area contributed by atoms with Crippen molar-refractivity contribution in [1.29, 1.82) is 0 Å². The molecule has 0 saturated carbocycles. The highest BCUT2D eigenvalue weighted by molar-refractivity contribution is 7.98. The van der Waals surface area contributed by atoms with Crippen LogP contribution in [0, 0.1) is 12.8 Å². The Kier molecular flexibility index (Phi) is 8.73. The number of nitrogens with one attached hydrogen (secondary N) is 1. The van der Waals surface area contributed by atoms with E-state index in [9.17, 15) is 4.79 Å². The molecule has 3 aromatic rings. The summed E-state index contributed by atoms with van der Waals surface area (Å²) < 4.78 is 7.50. The predicted octanol–water partition coefficient (Wildman–Crippen LogP) is 4.97. The molecule has 0 bridgehead atoms. The average molecular weight is 453 g/mol. The maximum atomic E-state index is 12.1. The van der Waals surface area contributed by atoms with Gasteiger partial charge >= 0.3 is 0 Å². The number of thioether (sulfide) groups is 1. The topological polar surface area (TPSA) is 69.0 Å². The molecule has 1 heterocycles. The van der Waals surface area contributed by atoms with Gasteiger partial charge < -0.3 is 10.1 Å². The Hall–Kier alpha value is -2.80. The van der Waals surface area contributed by atoms with Crippen molar-refractivity contribution >= 4 is 17.7 Å². The van der Waals surface area contributed by atoms with E-state index >= 15 is 0 Å². The van der Waals surface area contributed by atoms with E-state index in [0.717, 1.165) is 28.2 Å². The molecule has 3 rings (SSSR count). The molecular weight excluding hydrogens is 420 g/mol. The van der Waals surface area contributed by atoms with Gasteiger partial charge in [-0.25, -0.2) is 0 Å². The molecule has 7 heteroatoms. The van der Waals surface area contributed by atoms with E-state index in [1.807, 2.05) is 24.3 Å². The highest BCUT2D eigenvalue weighted by atomic mass is 32.2. The summed E-state index contributed by atoms with van der Waals surface area (Å²) in [6.07, 6.45) is 1.86. The summed E-state index contributed by atoms with van der Waals surface area (Å²) in [6, 6.07) is 16.4. The van der Waals surface area contributed by atoms with Crippen LogP contribution >= 0.6 is 11.8 Å². The summed E-state index contributed by atoms with van der Waals surface area (Å²) in [5.74, 6) is 2.97. The van der Waals surface area contributed by atoms with Crippen molar-refractivity contribution in [1.82, 2.24) is 20.1 Å². The molecule has 2 aromatic carbocycles. The lowest BCUT2D eigenvalue weighted by Crippen LogP contribution is -2.27. The summed E-state index contributed by atoms with van der Waals surface area (Å²) in [4.78, 5) is 12.1. The fourth-order valence-electron chi connectivity index (χ4n) is 3.33. The van der Waals surface area contributed by atoms with Crippen molar-refractivity contribution in [2.24, 2.45) is 5.92 Å². The summed E-state index contributed by atoms with van der Waals surface area (Å²) in [7, 11) is 1.66. The van der Waals surface area contributed by atoms with Crippen molar-refractivity contribution in [3.63, 3.8) is 0 Å². The van der Waals surface area contributed by atoms with Gasteiger partial charge in [0.15, 0.2) is 5.16 Å². The fourth-order valence-corrected chi connectivity index (χ4v) is 4.24. The number of benzene rings is 2. The van der Waals surface area contributed by atoms with Gasteiger partial charge in [-0.1, -0.05) is 61.5 Å². The van der Waals surface area contributed by atoms with E-state index in [1.54, 1.807) is 18.9 Å². The summed E-state index contributed by atoms with van der Waals surface area (Å²) in [5, 5.41) is 12.8. The van der Waals surface area contributed by atoms with E-state index in [2.05, 4.69) is 65.1 Å². The minimum absolute atomic E-state index is 0.0835. The third kappa shape index (κ3) is 6.85. The van der Waals surface area contributed by atoms with Crippen LogP contribution in [0.1, 0.15) is 43.6 Å². The molecule has 1 aromatic heterocycles. The zero-order valence-electron chi connectivity index (χ0n) is 19.3. The van der Waals surface area contributed by atoms with Gasteiger partial charge in [0.1, 0.15) is 11.6 Å². The summed E-state index contributed by atoms with van der Waals surface area (Å²) in [6.45, 7) is 6.99. The minimum Gasteiger partial charge on any atom is -0.497 e. The third-order valence-corrected chi connectivity index (χ3v) is 5.97. The molecule has 0 spiro atoms. The van der Waals surface area contributed by atoms with Gasteiger partial charge in [-0.3, -0.25) is 9.36 Å². The van der Waals surface area contributed by atoms with E-state index < -0.39 is 0 Å². The maximum Gasteiger partial charge on any atom is 0.220 e. The Labute approximate surface area is 194 Å². The Bertz CT molecular complexity index is 1030. The van der Waals surface area contributed by atoms with Gasteiger partial charge in [0.2, 0.25) is 5.91 Å². The normalized spacial score (nSPS) is 11.0. The Morgan fingerprint density at radius 2 is 1.97 bits per heavy atom. The lowest BCUT2D eigenvalue weighted by atomic mass is 10.2. The van der Waals surface area contributed by atoms with Crippen LogP contribution in [0.5, 0.6) is 5.75 Å². The number of carbonyl (C=O) groups is 1. The lowest BCUT2D eigenvalue weighted by Gasteiger charge is -2.12. The number of aromatic nitrogens is 3.